The first kappa shape index (κ1) is 33.3. The smallest absolute Gasteiger partial charge is 0.227 e. The molecule has 1 aromatic heterocycles. The number of aliphatic imine (C=N–C) groups is 1. The van der Waals surface area contributed by atoms with Crippen molar-refractivity contribution < 1.29 is 4.42 Å². The summed E-state index contributed by atoms with van der Waals surface area (Å²) >= 11 is 0. The van der Waals surface area contributed by atoms with Gasteiger partial charge >= 0.3 is 0 Å². The van der Waals surface area contributed by atoms with Gasteiger partial charge in [0.1, 0.15) is 5.52 Å². The van der Waals surface area contributed by atoms with E-state index in [-0.39, 0.29) is 5.41 Å². The second-order valence-corrected chi connectivity index (χ2v) is 15.8. The van der Waals surface area contributed by atoms with E-state index in [9.17, 15) is 0 Å². The largest absolute Gasteiger partial charge is 0.436 e. The van der Waals surface area contributed by atoms with E-state index >= 15 is 0 Å². The van der Waals surface area contributed by atoms with Crippen LogP contribution in [-0.2, 0) is 11.8 Å². The van der Waals surface area contributed by atoms with Crippen molar-refractivity contribution in [2.45, 2.75) is 25.7 Å². The van der Waals surface area contributed by atoms with E-state index in [1.165, 1.54) is 55.6 Å². The van der Waals surface area contributed by atoms with Gasteiger partial charge in [-0.3, -0.25) is 4.99 Å². The standard InChI is InChI=1S/C54H38N2O/c1-54(2)47-27-25-40-28-39-10-6-7-13-45(39)51(40)52(47)46-26-24-38(32-48(46)54)43-30-41(35-18-16-34(17-19-35)33-55-44-11-4-3-5-12-44)29-42(31-43)36-20-22-37(23-21-36)53-56-49-14-8-9-15-50(49)57-53/h3-27,29-33H,28H2,1-2H3/b55-33+. The molecule has 2 aliphatic rings. The minimum absolute atomic E-state index is 0.134. The first-order valence-corrected chi connectivity index (χ1v) is 19.7. The van der Waals surface area contributed by atoms with Crippen LogP contribution in [0.5, 0.6) is 0 Å². The molecule has 0 amide bonds. The molecule has 0 bridgehead atoms. The van der Waals surface area contributed by atoms with Gasteiger partial charge in [-0.05, 0) is 151 Å². The maximum atomic E-state index is 6.10. The zero-order valence-corrected chi connectivity index (χ0v) is 31.8. The van der Waals surface area contributed by atoms with Gasteiger partial charge in [0.25, 0.3) is 0 Å². The summed E-state index contributed by atoms with van der Waals surface area (Å²) in [5.74, 6) is 0.629. The highest BCUT2D eigenvalue weighted by molar-refractivity contribution is 5.98. The summed E-state index contributed by atoms with van der Waals surface area (Å²) in [6.07, 6.45) is 2.93. The molecule has 1 heterocycles. The number of hydrogen-bond acceptors (Lipinski definition) is 3. The quantitative estimate of drug-likeness (QED) is 0.160. The zero-order chi connectivity index (χ0) is 38.1. The molecule has 0 unspecified atom stereocenters. The molecule has 0 fully saturated rings. The lowest BCUT2D eigenvalue weighted by molar-refractivity contribution is 0.620. The number of aromatic nitrogens is 1. The second kappa shape index (κ2) is 13.0. The predicted octanol–water partition coefficient (Wildman–Crippen LogP) is 14.1. The predicted molar refractivity (Wildman–Crippen MR) is 235 cm³/mol. The monoisotopic (exact) mass is 730 g/mol. The van der Waals surface area contributed by atoms with Crippen molar-refractivity contribution in [2.24, 2.45) is 4.99 Å². The van der Waals surface area contributed by atoms with Crippen LogP contribution in [0.4, 0.5) is 5.69 Å². The number of rotatable bonds is 6. The van der Waals surface area contributed by atoms with Gasteiger partial charge in [-0.2, -0.15) is 0 Å². The molecule has 0 aliphatic heterocycles. The van der Waals surface area contributed by atoms with Crippen LogP contribution >= 0.6 is 0 Å². The summed E-state index contributed by atoms with van der Waals surface area (Å²) in [4.78, 5) is 9.42. The molecule has 57 heavy (non-hydrogen) atoms. The van der Waals surface area contributed by atoms with Crippen LogP contribution in [0, 0.1) is 0 Å². The topological polar surface area (TPSA) is 38.4 Å². The molecule has 8 aromatic carbocycles. The minimum atomic E-state index is -0.134. The summed E-state index contributed by atoms with van der Waals surface area (Å²) in [6, 6.07) is 63.1. The van der Waals surface area contributed by atoms with Gasteiger partial charge in [0, 0.05) is 17.2 Å². The van der Waals surface area contributed by atoms with Crippen molar-refractivity contribution in [3.63, 3.8) is 0 Å². The highest BCUT2D eigenvalue weighted by Crippen LogP contribution is 2.56. The molecule has 0 atom stereocenters. The van der Waals surface area contributed by atoms with Crippen molar-refractivity contribution in [1.29, 1.82) is 0 Å². The van der Waals surface area contributed by atoms with E-state index in [2.05, 4.69) is 140 Å². The van der Waals surface area contributed by atoms with Crippen LogP contribution in [0.15, 0.2) is 185 Å². The summed E-state index contributed by atoms with van der Waals surface area (Å²) in [5.41, 5.74) is 22.7. The van der Waals surface area contributed by atoms with Gasteiger partial charge in [0.05, 0.1) is 5.69 Å². The van der Waals surface area contributed by atoms with Crippen LogP contribution in [0.25, 0.3) is 78.2 Å². The first-order valence-electron chi connectivity index (χ1n) is 19.7. The fourth-order valence-corrected chi connectivity index (χ4v) is 8.98. The molecule has 0 spiro atoms. The lowest BCUT2D eigenvalue weighted by Crippen LogP contribution is -2.15. The molecule has 3 nitrogen and oxygen atoms in total. The molecule has 0 N–H and O–H groups in total. The number of nitrogens with zero attached hydrogens (tertiary/aromatic N) is 2. The zero-order valence-electron chi connectivity index (χ0n) is 31.8. The van der Waals surface area contributed by atoms with Crippen LogP contribution in [0.2, 0.25) is 0 Å². The van der Waals surface area contributed by atoms with Crippen molar-refractivity contribution in [3.05, 3.63) is 204 Å². The van der Waals surface area contributed by atoms with Crippen LogP contribution in [0.1, 0.15) is 41.7 Å². The van der Waals surface area contributed by atoms with Crippen molar-refractivity contribution in [3.8, 4) is 67.1 Å². The summed E-state index contributed by atoms with van der Waals surface area (Å²) < 4.78 is 6.10. The number of fused-ring (bicyclic) bond motifs is 8. The Balaban J connectivity index is 1.01. The van der Waals surface area contributed by atoms with E-state index in [4.69, 9.17) is 9.40 Å². The molecule has 270 valence electrons. The van der Waals surface area contributed by atoms with E-state index < -0.39 is 0 Å². The summed E-state index contributed by atoms with van der Waals surface area (Å²) in [5, 5.41) is 0. The Bertz CT molecular complexity index is 3010. The molecule has 0 saturated carbocycles. The molecule has 0 saturated heterocycles. The third-order valence-corrected chi connectivity index (χ3v) is 12.0. The van der Waals surface area contributed by atoms with E-state index in [0.717, 1.165) is 56.6 Å². The van der Waals surface area contributed by atoms with Crippen LogP contribution in [0.3, 0.4) is 0 Å². The number of hydrogen-bond donors (Lipinski definition) is 0. The molecule has 11 rings (SSSR count). The molecule has 9 aromatic rings. The molecule has 2 aliphatic carbocycles. The summed E-state index contributed by atoms with van der Waals surface area (Å²) in [6.45, 7) is 4.77. The Morgan fingerprint density at radius 1 is 0.509 bits per heavy atom. The number of benzene rings is 8. The number of oxazole rings is 1. The van der Waals surface area contributed by atoms with Crippen LogP contribution < -0.4 is 0 Å². The highest BCUT2D eigenvalue weighted by atomic mass is 16.3. The molecular weight excluding hydrogens is 693 g/mol. The fourth-order valence-electron chi connectivity index (χ4n) is 8.98. The normalized spacial score (nSPS) is 13.4. The maximum Gasteiger partial charge on any atom is 0.227 e. The fraction of sp³-hybridized carbons (Fsp3) is 0.0741. The Hall–Kier alpha value is -7.10. The average Bonchev–Trinajstić information content (AvgIpc) is 3.93. The SMILES string of the molecule is CC1(C)c2cc(-c3cc(-c4ccc(/C=N/c5ccccc5)cc4)cc(-c4ccc(-c5nc6ccccc6o5)cc4)c3)ccc2-c2c1ccc1c2-c2ccccc2C1. The second-order valence-electron chi connectivity index (χ2n) is 15.8. The molecule has 0 radical (unpaired) electrons. The molecule has 3 heteroatoms. The van der Waals surface area contributed by atoms with Gasteiger partial charge in [-0.15, -0.1) is 0 Å². The maximum absolute atomic E-state index is 6.10. The minimum Gasteiger partial charge on any atom is -0.436 e. The summed E-state index contributed by atoms with van der Waals surface area (Å²) in [7, 11) is 0. The number of para-hydroxylation sites is 3. The molecular formula is C54H38N2O. The van der Waals surface area contributed by atoms with E-state index in [1.54, 1.807) is 0 Å². The van der Waals surface area contributed by atoms with E-state index in [1.807, 2.05) is 60.8 Å². The lowest BCUT2D eigenvalue weighted by Gasteiger charge is -2.22. The Kier molecular flexibility index (Phi) is 7.58. The Labute approximate surface area is 332 Å². The van der Waals surface area contributed by atoms with Crippen LogP contribution in [-0.4, -0.2) is 11.2 Å². The first-order chi connectivity index (χ1) is 28.0. The average molecular weight is 731 g/mol. The van der Waals surface area contributed by atoms with Gasteiger partial charge in [-0.1, -0.05) is 129 Å². The van der Waals surface area contributed by atoms with Crippen molar-refractivity contribution in [2.75, 3.05) is 0 Å². The third-order valence-electron chi connectivity index (χ3n) is 12.0. The Morgan fingerprint density at radius 3 is 1.93 bits per heavy atom. The lowest BCUT2D eigenvalue weighted by atomic mass is 9.81. The highest BCUT2D eigenvalue weighted by Gasteiger charge is 2.39. The van der Waals surface area contributed by atoms with Gasteiger partial charge in [0.2, 0.25) is 5.89 Å². The van der Waals surface area contributed by atoms with E-state index in [0.29, 0.717) is 5.89 Å². The Morgan fingerprint density at radius 2 is 1.16 bits per heavy atom. The van der Waals surface area contributed by atoms with Crippen molar-refractivity contribution in [1.82, 2.24) is 4.98 Å². The van der Waals surface area contributed by atoms with Gasteiger partial charge < -0.3 is 4.42 Å². The van der Waals surface area contributed by atoms with Gasteiger partial charge in [-0.25, -0.2) is 4.98 Å². The van der Waals surface area contributed by atoms with Gasteiger partial charge in [0.15, 0.2) is 5.58 Å². The third kappa shape index (κ3) is 5.66. The van der Waals surface area contributed by atoms with Crippen molar-refractivity contribution >= 4 is 23.0 Å².